The van der Waals surface area contributed by atoms with Crippen molar-refractivity contribution < 1.29 is 14.3 Å². The summed E-state index contributed by atoms with van der Waals surface area (Å²) in [6.07, 6.45) is 0. The van der Waals surface area contributed by atoms with Gasteiger partial charge in [0.15, 0.2) is 11.5 Å². The van der Waals surface area contributed by atoms with Gasteiger partial charge in [0.05, 0.1) is 25.8 Å². The molecule has 0 fully saturated rings. The number of hydrogen-bond acceptors (Lipinski definition) is 4. The van der Waals surface area contributed by atoms with Crippen molar-refractivity contribution in [1.29, 1.82) is 0 Å². The average Bonchev–Trinajstić information content (AvgIpc) is 2.45. The Morgan fingerprint density at radius 3 is 2.60 bits per heavy atom. The minimum atomic E-state index is 0.0547. The molecule has 0 heterocycles. The topological polar surface area (TPSA) is 50.8 Å². The fraction of sp³-hybridized carbons (Fsp3) is 0.500. The smallest absolute Gasteiger partial charge is 0.236 e. The lowest BCUT2D eigenvalue weighted by atomic mass is 10.2. The summed E-state index contributed by atoms with van der Waals surface area (Å²) < 4.78 is 10.4. The summed E-state index contributed by atoms with van der Waals surface area (Å²) >= 11 is 6.12. The predicted molar refractivity (Wildman–Crippen MR) is 79.6 cm³/mol. The highest BCUT2D eigenvalue weighted by molar-refractivity contribution is 6.32. The van der Waals surface area contributed by atoms with Gasteiger partial charge in [-0.2, -0.15) is 0 Å². The maximum absolute atomic E-state index is 11.6. The summed E-state index contributed by atoms with van der Waals surface area (Å²) in [6.45, 7) is 3.45. The molecular formula is C14H21ClN2O3. The summed E-state index contributed by atoms with van der Waals surface area (Å²) in [5.74, 6) is 1.15. The number of hydrogen-bond donors (Lipinski definition) is 1. The van der Waals surface area contributed by atoms with E-state index >= 15 is 0 Å². The van der Waals surface area contributed by atoms with Gasteiger partial charge in [-0.05, 0) is 24.6 Å². The second-order valence-corrected chi connectivity index (χ2v) is 4.73. The first kappa shape index (κ1) is 16.6. The van der Waals surface area contributed by atoms with Crippen molar-refractivity contribution in [2.75, 3.05) is 34.4 Å². The summed E-state index contributed by atoms with van der Waals surface area (Å²) in [5, 5.41) is 3.57. The number of methoxy groups -OCH3 is 2. The molecule has 1 N–H and O–H groups in total. The van der Waals surface area contributed by atoms with E-state index in [-0.39, 0.29) is 12.5 Å². The summed E-state index contributed by atoms with van der Waals surface area (Å²) in [5.41, 5.74) is 0.930. The van der Waals surface area contributed by atoms with Gasteiger partial charge in [-0.25, -0.2) is 0 Å². The Bertz CT molecular complexity index is 466. The van der Waals surface area contributed by atoms with Crippen molar-refractivity contribution in [2.24, 2.45) is 0 Å². The van der Waals surface area contributed by atoms with E-state index in [1.54, 1.807) is 32.2 Å². The number of benzene rings is 1. The van der Waals surface area contributed by atoms with Crippen LogP contribution in [0.25, 0.3) is 0 Å². The Labute approximate surface area is 124 Å². The lowest BCUT2D eigenvalue weighted by Gasteiger charge is -2.15. The first-order valence-electron chi connectivity index (χ1n) is 6.38. The van der Waals surface area contributed by atoms with Crippen molar-refractivity contribution in [3.05, 3.63) is 22.7 Å². The van der Waals surface area contributed by atoms with Crippen LogP contribution in [-0.2, 0) is 11.3 Å². The fourth-order valence-corrected chi connectivity index (χ4v) is 2.01. The van der Waals surface area contributed by atoms with Gasteiger partial charge in [0.25, 0.3) is 0 Å². The molecule has 0 atom stereocenters. The molecule has 0 saturated carbocycles. The molecule has 0 aliphatic carbocycles. The number of carbonyl (C=O) groups is 1. The van der Waals surface area contributed by atoms with E-state index in [1.165, 1.54) is 0 Å². The molecule has 0 unspecified atom stereocenters. The third kappa shape index (κ3) is 4.28. The van der Waals surface area contributed by atoms with Crippen molar-refractivity contribution >= 4 is 17.5 Å². The van der Waals surface area contributed by atoms with Crippen LogP contribution in [0.5, 0.6) is 11.5 Å². The van der Waals surface area contributed by atoms with Crippen LogP contribution in [-0.4, -0.2) is 45.2 Å². The van der Waals surface area contributed by atoms with Crippen molar-refractivity contribution in [1.82, 2.24) is 10.2 Å². The Balaban J connectivity index is 2.65. The molecule has 20 heavy (non-hydrogen) atoms. The predicted octanol–water partition coefficient (Wildman–Crippen LogP) is 1.93. The van der Waals surface area contributed by atoms with E-state index in [4.69, 9.17) is 21.1 Å². The third-order valence-electron chi connectivity index (χ3n) is 3.00. The van der Waals surface area contributed by atoms with Crippen LogP contribution in [0.1, 0.15) is 12.5 Å². The Kier molecular flexibility index (Phi) is 6.61. The molecule has 0 radical (unpaired) electrons. The van der Waals surface area contributed by atoms with Gasteiger partial charge in [-0.15, -0.1) is 0 Å². The average molecular weight is 301 g/mol. The minimum Gasteiger partial charge on any atom is -0.493 e. The lowest BCUT2D eigenvalue weighted by Crippen LogP contribution is -2.35. The number of amides is 1. The highest BCUT2D eigenvalue weighted by Crippen LogP contribution is 2.35. The van der Waals surface area contributed by atoms with Gasteiger partial charge in [0, 0.05) is 20.1 Å². The fourth-order valence-electron chi connectivity index (χ4n) is 1.70. The van der Waals surface area contributed by atoms with E-state index in [1.807, 2.05) is 13.0 Å². The van der Waals surface area contributed by atoms with Crippen LogP contribution in [0.3, 0.4) is 0 Å². The highest BCUT2D eigenvalue weighted by atomic mass is 35.5. The molecule has 1 amide bonds. The number of ether oxygens (including phenoxy) is 2. The second-order valence-electron chi connectivity index (χ2n) is 4.32. The summed E-state index contributed by atoms with van der Waals surface area (Å²) in [4.78, 5) is 13.3. The lowest BCUT2D eigenvalue weighted by molar-refractivity contribution is -0.128. The minimum absolute atomic E-state index is 0.0547. The zero-order valence-corrected chi connectivity index (χ0v) is 13.1. The van der Waals surface area contributed by atoms with E-state index in [9.17, 15) is 4.79 Å². The van der Waals surface area contributed by atoms with E-state index in [0.29, 0.717) is 29.6 Å². The Morgan fingerprint density at radius 1 is 1.35 bits per heavy atom. The quantitative estimate of drug-likeness (QED) is 0.836. The number of nitrogens with zero attached hydrogens (tertiary/aromatic N) is 1. The molecule has 112 valence electrons. The van der Waals surface area contributed by atoms with E-state index < -0.39 is 0 Å². The van der Waals surface area contributed by atoms with E-state index in [2.05, 4.69) is 5.32 Å². The second kappa shape index (κ2) is 7.97. The third-order valence-corrected chi connectivity index (χ3v) is 3.28. The summed E-state index contributed by atoms with van der Waals surface area (Å²) in [7, 11) is 4.88. The molecule has 1 aromatic carbocycles. The van der Waals surface area contributed by atoms with Crippen LogP contribution in [0, 0.1) is 0 Å². The summed E-state index contributed by atoms with van der Waals surface area (Å²) in [6, 6.07) is 3.63. The molecule has 1 rings (SSSR count). The molecular weight excluding hydrogens is 280 g/mol. The largest absolute Gasteiger partial charge is 0.493 e. The zero-order valence-electron chi connectivity index (χ0n) is 12.3. The van der Waals surface area contributed by atoms with Crippen LogP contribution in [0.2, 0.25) is 5.02 Å². The molecule has 5 nitrogen and oxygen atoms in total. The Hall–Kier alpha value is -1.46. The molecule has 0 aromatic heterocycles. The monoisotopic (exact) mass is 300 g/mol. The zero-order chi connectivity index (χ0) is 15.1. The molecule has 0 saturated heterocycles. The number of rotatable bonds is 7. The SMILES string of the molecule is CCN(C)C(=O)CNCc1cc(Cl)c(OC)c(OC)c1. The maximum atomic E-state index is 11.6. The Morgan fingerprint density at radius 2 is 2.05 bits per heavy atom. The van der Waals surface area contributed by atoms with Crippen LogP contribution in [0.15, 0.2) is 12.1 Å². The van der Waals surface area contributed by atoms with Crippen molar-refractivity contribution in [3.8, 4) is 11.5 Å². The van der Waals surface area contributed by atoms with Crippen LogP contribution >= 0.6 is 11.6 Å². The first-order valence-corrected chi connectivity index (χ1v) is 6.76. The van der Waals surface area contributed by atoms with Crippen LogP contribution < -0.4 is 14.8 Å². The molecule has 6 heteroatoms. The molecule has 0 spiro atoms. The van der Waals surface area contributed by atoms with Gasteiger partial charge in [-0.1, -0.05) is 11.6 Å². The highest BCUT2D eigenvalue weighted by Gasteiger charge is 2.11. The van der Waals surface area contributed by atoms with Crippen molar-refractivity contribution in [3.63, 3.8) is 0 Å². The van der Waals surface area contributed by atoms with Gasteiger partial charge in [-0.3, -0.25) is 4.79 Å². The number of nitrogens with one attached hydrogen (secondary N) is 1. The first-order chi connectivity index (χ1) is 9.53. The standard InChI is InChI=1S/C14H21ClN2O3/c1-5-17(2)13(18)9-16-8-10-6-11(15)14(20-4)12(7-10)19-3/h6-7,16H,5,8-9H2,1-4H3. The van der Waals surface area contributed by atoms with Crippen LogP contribution in [0.4, 0.5) is 0 Å². The van der Waals surface area contributed by atoms with Crippen molar-refractivity contribution in [2.45, 2.75) is 13.5 Å². The van der Waals surface area contributed by atoms with Gasteiger partial charge >= 0.3 is 0 Å². The van der Waals surface area contributed by atoms with Gasteiger partial charge in [0.1, 0.15) is 0 Å². The molecule has 0 bridgehead atoms. The number of likely N-dealkylation sites (N-methyl/N-ethyl adjacent to an activating group) is 1. The van der Waals surface area contributed by atoms with Gasteiger partial charge in [0.2, 0.25) is 5.91 Å². The number of carbonyl (C=O) groups excluding carboxylic acids is 1. The van der Waals surface area contributed by atoms with E-state index in [0.717, 1.165) is 5.56 Å². The van der Waals surface area contributed by atoms with Gasteiger partial charge < -0.3 is 19.7 Å². The molecule has 1 aromatic rings. The molecule has 0 aliphatic heterocycles. The normalized spacial score (nSPS) is 10.2. The maximum Gasteiger partial charge on any atom is 0.236 e. The molecule has 0 aliphatic rings. The number of halogens is 1.